The normalized spacial score (nSPS) is 11.6. The Balaban J connectivity index is 1.79. The van der Waals surface area contributed by atoms with E-state index in [1.807, 2.05) is 48.6 Å². The van der Waals surface area contributed by atoms with Gasteiger partial charge in [0.25, 0.3) is 0 Å². The minimum atomic E-state index is -3.72. The van der Waals surface area contributed by atoms with Gasteiger partial charge in [-0.25, -0.2) is 13.6 Å². The summed E-state index contributed by atoms with van der Waals surface area (Å²) in [5.74, 6) is 0. The van der Waals surface area contributed by atoms with E-state index in [2.05, 4.69) is 10.3 Å². The van der Waals surface area contributed by atoms with Gasteiger partial charge >= 0.3 is 0 Å². The molecule has 5 nitrogen and oxygen atoms in total. The van der Waals surface area contributed by atoms with Crippen LogP contribution >= 0.6 is 0 Å². The third kappa shape index (κ3) is 4.76. The third-order valence-corrected chi connectivity index (χ3v) is 4.42. The topological polar surface area (TPSA) is 85.1 Å². The number of rotatable bonds is 5. The Hall–Kier alpha value is -2.96. The van der Waals surface area contributed by atoms with E-state index < -0.39 is 10.0 Å². The van der Waals surface area contributed by atoms with Crippen LogP contribution in [0.1, 0.15) is 11.1 Å². The van der Waals surface area contributed by atoms with E-state index >= 15 is 0 Å². The van der Waals surface area contributed by atoms with Crippen molar-refractivity contribution in [3.05, 3.63) is 84.2 Å². The summed E-state index contributed by atoms with van der Waals surface area (Å²) in [6, 6.07) is 18.1. The molecule has 0 amide bonds. The molecule has 0 radical (unpaired) electrons. The van der Waals surface area contributed by atoms with Crippen LogP contribution in [-0.2, 0) is 10.0 Å². The largest absolute Gasteiger partial charge is 0.355 e. The molecule has 1 aromatic heterocycles. The maximum Gasteiger partial charge on any atom is 0.238 e. The zero-order chi connectivity index (χ0) is 17.7. The van der Waals surface area contributed by atoms with E-state index in [1.165, 1.54) is 12.1 Å². The molecule has 0 aliphatic rings. The van der Waals surface area contributed by atoms with Crippen molar-refractivity contribution in [2.75, 3.05) is 5.32 Å². The van der Waals surface area contributed by atoms with Crippen LogP contribution in [0, 0.1) is 0 Å². The number of nitrogens with one attached hydrogen (secondary N) is 1. The number of anilines is 2. The van der Waals surface area contributed by atoms with Gasteiger partial charge in [0, 0.05) is 23.8 Å². The van der Waals surface area contributed by atoms with E-state index in [4.69, 9.17) is 5.14 Å². The molecule has 0 atom stereocenters. The summed E-state index contributed by atoms with van der Waals surface area (Å²) in [6.45, 7) is 0. The highest BCUT2D eigenvalue weighted by atomic mass is 32.2. The highest BCUT2D eigenvalue weighted by molar-refractivity contribution is 7.89. The van der Waals surface area contributed by atoms with Gasteiger partial charge in [-0.3, -0.25) is 4.98 Å². The molecule has 3 aromatic rings. The zero-order valence-corrected chi connectivity index (χ0v) is 14.1. The summed E-state index contributed by atoms with van der Waals surface area (Å²) in [5, 5.41) is 8.36. The first-order valence-corrected chi connectivity index (χ1v) is 9.13. The molecule has 126 valence electrons. The predicted molar refractivity (Wildman–Crippen MR) is 101 cm³/mol. The molecule has 0 aliphatic carbocycles. The lowest BCUT2D eigenvalue weighted by molar-refractivity contribution is 0.598. The van der Waals surface area contributed by atoms with Crippen molar-refractivity contribution >= 4 is 33.6 Å². The Morgan fingerprint density at radius 1 is 0.840 bits per heavy atom. The Morgan fingerprint density at radius 3 is 2.20 bits per heavy atom. The molecule has 0 bridgehead atoms. The van der Waals surface area contributed by atoms with Crippen LogP contribution in [0.15, 0.2) is 78.0 Å². The molecule has 1 heterocycles. The van der Waals surface area contributed by atoms with Gasteiger partial charge in [0.1, 0.15) is 0 Å². The Kier molecular flexibility index (Phi) is 4.92. The minimum Gasteiger partial charge on any atom is -0.355 e. The molecule has 3 N–H and O–H groups in total. The maximum atomic E-state index is 11.4. The van der Waals surface area contributed by atoms with Gasteiger partial charge < -0.3 is 5.32 Å². The van der Waals surface area contributed by atoms with Crippen molar-refractivity contribution in [1.29, 1.82) is 0 Å². The summed E-state index contributed by atoms with van der Waals surface area (Å²) >= 11 is 0. The van der Waals surface area contributed by atoms with Crippen LogP contribution in [0.3, 0.4) is 0 Å². The van der Waals surface area contributed by atoms with E-state index in [0.717, 1.165) is 16.8 Å². The van der Waals surface area contributed by atoms with Gasteiger partial charge in [-0.2, -0.15) is 0 Å². The number of pyridine rings is 1. The number of hydrogen-bond acceptors (Lipinski definition) is 4. The predicted octanol–water partition coefficient (Wildman–Crippen LogP) is 3.64. The van der Waals surface area contributed by atoms with E-state index in [-0.39, 0.29) is 4.90 Å². The van der Waals surface area contributed by atoms with Gasteiger partial charge in [-0.1, -0.05) is 30.4 Å². The first-order valence-electron chi connectivity index (χ1n) is 7.59. The lowest BCUT2D eigenvalue weighted by Gasteiger charge is -2.08. The first-order chi connectivity index (χ1) is 12.0. The highest BCUT2D eigenvalue weighted by Gasteiger charge is 2.07. The summed E-state index contributed by atoms with van der Waals surface area (Å²) in [6.07, 6.45) is 7.50. The van der Waals surface area contributed by atoms with Crippen molar-refractivity contribution in [2.24, 2.45) is 5.14 Å². The molecule has 0 spiro atoms. The molecular formula is C19H17N3O2S. The van der Waals surface area contributed by atoms with Gasteiger partial charge in [-0.15, -0.1) is 0 Å². The smallest absolute Gasteiger partial charge is 0.238 e. The second kappa shape index (κ2) is 7.29. The van der Waals surface area contributed by atoms with Gasteiger partial charge in [0.15, 0.2) is 0 Å². The summed E-state index contributed by atoms with van der Waals surface area (Å²) in [4.78, 5) is 4.07. The van der Waals surface area contributed by atoms with Crippen LogP contribution in [0.4, 0.5) is 11.4 Å². The molecule has 0 unspecified atom stereocenters. The third-order valence-electron chi connectivity index (χ3n) is 3.51. The number of benzene rings is 2. The van der Waals surface area contributed by atoms with Crippen molar-refractivity contribution in [3.63, 3.8) is 0 Å². The second-order valence-corrected chi connectivity index (χ2v) is 7.00. The average Bonchev–Trinajstić information content (AvgIpc) is 2.61. The molecular weight excluding hydrogens is 334 g/mol. The quantitative estimate of drug-likeness (QED) is 0.735. The lowest BCUT2D eigenvalue weighted by Crippen LogP contribution is -2.12. The molecule has 6 heteroatoms. The molecule has 2 aromatic carbocycles. The van der Waals surface area contributed by atoms with Crippen LogP contribution in [0.2, 0.25) is 0 Å². The number of sulfonamides is 1. The minimum absolute atomic E-state index is 0.0752. The number of nitrogens with zero attached hydrogens (tertiary/aromatic N) is 1. The number of primary sulfonamides is 1. The summed E-state index contributed by atoms with van der Waals surface area (Å²) < 4.78 is 22.9. The molecule has 0 saturated heterocycles. The fourth-order valence-corrected chi connectivity index (χ4v) is 2.86. The molecule has 25 heavy (non-hydrogen) atoms. The van der Waals surface area contributed by atoms with Crippen molar-refractivity contribution in [3.8, 4) is 0 Å². The molecule has 0 saturated carbocycles. The monoisotopic (exact) mass is 351 g/mol. The number of nitrogens with two attached hydrogens (primary N) is 1. The van der Waals surface area contributed by atoms with Crippen LogP contribution < -0.4 is 10.5 Å². The van der Waals surface area contributed by atoms with E-state index in [9.17, 15) is 8.42 Å². The second-order valence-electron chi connectivity index (χ2n) is 5.44. The zero-order valence-electron chi connectivity index (χ0n) is 13.3. The van der Waals surface area contributed by atoms with Crippen molar-refractivity contribution in [2.45, 2.75) is 4.90 Å². The first kappa shape index (κ1) is 16.9. The number of hydrogen-bond donors (Lipinski definition) is 2. The van der Waals surface area contributed by atoms with Crippen LogP contribution in [0.5, 0.6) is 0 Å². The molecule has 0 fully saturated rings. The fraction of sp³-hybridized carbons (Fsp3) is 0. The van der Waals surface area contributed by atoms with Crippen LogP contribution in [0.25, 0.3) is 12.2 Å². The summed E-state index contributed by atoms with van der Waals surface area (Å²) in [7, 11) is -3.72. The Morgan fingerprint density at radius 2 is 1.48 bits per heavy atom. The highest BCUT2D eigenvalue weighted by Crippen LogP contribution is 2.21. The summed E-state index contributed by atoms with van der Waals surface area (Å²) in [5.41, 5.74) is 3.59. The van der Waals surface area contributed by atoms with Gasteiger partial charge in [0.05, 0.1) is 4.90 Å². The SMILES string of the molecule is NS(=O)(=O)c1cccc(Nc2cccc(/C=C/c3ccncc3)c2)c1. The Bertz CT molecular complexity index is 1000. The lowest BCUT2D eigenvalue weighted by atomic mass is 10.1. The van der Waals surface area contributed by atoms with E-state index in [0.29, 0.717) is 5.69 Å². The fourth-order valence-electron chi connectivity index (χ4n) is 2.30. The average molecular weight is 351 g/mol. The molecule has 3 rings (SSSR count). The van der Waals surface area contributed by atoms with Crippen molar-refractivity contribution in [1.82, 2.24) is 4.98 Å². The van der Waals surface area contributed by atoms with Gasteiger partial charge in [-0.05, 0) is 53.6 Å². The van der Waals surface area contributed by atoms with E-state index in [1.54, 1.807) is 24.5 Å². The van der Waals surface area contributed by atoms with Crippen LogP contribution in [-0.4, -0.2) is 13.4 Å². The number of aromatic nitrogens is 1. The standard InChI is InChI=1S/C19H17N3O2S/c20-25(23,24)19-6-2-5-18(14-19)22-17-4-1-3-16(13-17)8-7-15-9-11-21-12-10-15/h1-14,22H,(H2,20,23,24)/b8-7+. The van der Waals surface area contributed by atoms with Crippen molar-refractivity contribution < 1.29 is 8.42 Å². The maximum absolute atomic E-state index is 11.4. The Labute approximate surface area is 146 Å². The van der Waals surface area contributed by atoms with Gasteiger partial charge in [0.2, 0.25) is 10.0 Å². The molecule has 0 aliphatic heterocycles.